The quantitative estimate of drug-likeness (QED) is 0.762. The van der Waals surface area contributed by atoms with Gasteiger partial charge in [0.25, 0.3) is 0 Å². The monoisotopic (exact) mass is 306 g/mol. The fourth-order valence-corrected chi connectivity index (χ4v) is 3.07. The van der Waals surface area contributed by atoms with Gasteiger partial charge in [-0.3, -0.25) is 9.78 Å². The average Bonchev–Trinajstić information content (AvgIpc) is 3.01. The van der Waals surface area contributed by atoms with Crippen LogP contribution in [-0.4, -0.2) is 15.8 Å². The topological polar surface area (TPSA) is 45.8 Å². The smallest absolute Gasteiger partial charge is 0.164 e. The summed E-state index contributed by atoms with van der Waals surface area (Å²) in [5.74, 6) is -0.102. The summed E-state index contributed by atoms with van der Waals surface area (Å²) in [4.78, 5) is 19.6. The third-order valence-corrected chi connectivity index (χ3v) is 4.25. The summed E-state index contributed by atoms with van der Waals surface area (Å²) in [5.41, 5.74) is 4.63. The lowest BCUT2D eigenvalue weighted by Gasteiger charge is -2.08. The second-order valence-electron chi connectivity index (χ2n) is 5.76. The Hall–Kier alpha value is -2.75. The SMILES string of the molecule is O=C1CCCc2[nH]c(-c3ccnc(-c4ccccc4F)c3)cc21. The first-order valence-electron chi connectivity index (χ1n) is 7.69. The zero-order valence-corrected chi connectivity index (χ0v) is 12.5. The largest absolute Gasteiger partial charge is 0.358 e. The molecule has 0 saturated heterocycles. The summed E-state index contributed by atoms with van der Waals surface area (Å²) in [6.07, 6.45) is 4.06. The molecule has 3 aromatic rings. The first-order chi connectivity index (χ1) is 11.2. The number of H-pyrrole nitrogens is 1. The van der Waals surface area contributed by atoms with Gasteiger partial charge in [0.15, 0.2) is 5.78 Å². The lowest BCUT2D eigenvalue weighted by Crippen LogP contribution is -2.08. The number of halogens is 1. The fraction of sp³-hybridized carbons (Fsp3) is 0.158. The molecule has 4 heteroatoms. The van der Waals surface area contributed by atoms with Gasteiger partial charge in [0.2, 0.25) is 0 Å². The Labute approximate surface area is 133 Å². The average molecular weight is 306 g/mol. The van der Waals surface area contributed by atoms with E-state index < -0.39 is 0 Å². The van der Waals surface area contributed by atoms with Crippen LogP contribution in [0.1, 0.15) is 28.9 Å². The molecule has 0 atom stereocenters. The second-order valence-corrected chi connectivity index (χ2v) is 5.76. The molecule has 1 aliphatic rings. The number of carbonyl (C=O) groups excluding carboxylic acids is 1. The van der Waals surface area contributed by atoms with Gasteiger partial charge in [0, 0.05) is 40.7 Å². The van der Waals surface area contributed by atoms with Crippen molar-refractivity contribution in [2.24, 2.45) is 0 Å². The summed E-state index contributed by atoms with van der Waals surface area (Å²) in [7, 11) is 0. The summed E-state index contributed by atoms with van der Waals surface area (Å²) < 4.78 is 14.0. The van der Waals surface area contributed by atoms with Gasteiger partial charge in [0.05, 0.1) is 5.69 Å². The Bertz CT molecular complexity index is 898. The zero-order valence-electron chi connectivity index (χ0n) is 12.5. The van der Waals surface area contributed by atoms with E-state index in [4.69, 9.17) is 0 Å². The summed E-state index contributed by atoms with van der Waals surface area (Å²) in [5, 5.41) is 0. The van der Waals surface area contributed by atoms with Crippen molar-refractivity contribution in [1.29, 1.82) is 0 Å². The molecule has 0 aliphatic heterocycles. The minimum atomic E-state index is -0.293. The van der Waals surface area contributed by atoms with Gasteiger partial charge < -0.3 is 4.98 Å². The molecule has 23 heavy (non-hydrogen) atoms. The zero-order chi connectivity index (χ0) is 15.8. The lowest BCUT2D eigenvalue weighted by atomic mass is 9.96. The molecule has 0 unspecified atom stereocenters. The number of hydrogen-bond acceptors (Lipinski definition) is 2. The third-order valence-electron chi connectivity index (χ3n) is 4.25. The number of pyridine rings is 1. The van der Waals surface area contributed by atoms with Crippen LogP contribution in [-0.2, 0) is 6.42 Å². The number of ketones is 1. The maximum absolute atomic E-state index is 14.0. The number of carbonyl (C=O) groups is 1. The van der Waals surface area contributed by atoms with Crippen LogP contribution in [0.3, 0.4) is 0 Å². The number of Topliss-reactive ketones (excluding diaryl/α,β-unsaturated/α-hetero) is 1. The van der Waals surface area contributed by atoms with E-state index in [-0.39, 0.29) is 11.6 Å². The van der Waals surface area contributed by atoms with Crippen LogP contribution in [0.15, 0.2) is 48.7 Å². The first-order valence-corrected chi connectivity index (χ1v) is 7.69. The molecule has 0 amide bonds. The summed E-state index contributed by atoms with van der Waals surface area (Å²) >= 11 is 0. The number of rotatable bonds is 2. The van der Waals surface area contributed by atoms with Crippen molar-refractivity contribution in [2.45, 2.75) is 19.3 Å². The minimum Gasteiger partial charge on any atom is -0.358 e. The van der Waals surface area contributed by atoms with Crippen molar-refractivity contribution in [2.75, 3.05) is 0 Å². The molecule has 1 N–H and O–H groups in total. The van der Waals surface area contributed by atoms with E-state index in [1.54, 1.807) is 24.4 Å². The maximum Gasteiger partial charge on any atom is 0.164 e. The molecule has 0 radical (unpaired) electrons. The van der Waals surface area contributed by atoms with E-state index in [0.29, 0.717) is 17.7 Å². The molecule has 0 bridgehead atoms. The van der Waals surface area contributed by atoms with E-state index >= 15 is 0 Å². The van der Waals surface area contributed by atoms with Gasteiger partial charge in [0.1, 0.15) is 5.82 Å². The number of nitrogens with one attached hydrogen (secondary N) is 1. The molecule has 2 aromatic heterocycles. The fourth-order valence-electron chi connectivity index (χ4n) is 3.07. The van der Waals surface area contributed by atoms with Gasteiger partial charge in [-0.1, -0.05) is 12.1 Å². The van der Waals surface area contributed by atoms with Crippen molar-refractivity contribution in [3.8, 4) is 22.5 Å². The van der Waals surface area contributed by atoms with Crippen molar-refractivity contribution in [3.05, 3.63) is 65.7 Å². The molecule has 4 rings (SSSR count). The van der Waals surface area contributed by atoms with Crippen LogP contribution in [0.2, 0.25) is 0 Å². The number of aromatic nitrogens is 2. The Morgan fingerprint density at radius 1 is 1.04 bits per heavy atom. The second kappa shape index (κ2) is 5.47. The van der Waals surface area contributed by atoms with Crippen molar-refractivity contribution in [3.63, 3.8) is 0 Å². The number of nitrogens with zero attached hydrogens (tertiary/aromatic N) is 1. The van der Waals surface area contributed by atoms with Gasteiger partial charge in [-0.15, -0.1) is 0 Å². The molecule has 1 aromatic carbocycles. The Kier molecular flexibility index (Phi) is 3.30. The highest BCUT2D eigenvalue weighted by atomic mass is 19.1. The Balaban J connectivity index is 1.78. The highest BCUT2D eigenvalue weighted by Crippen LogP contribution is 2.29. The number of hydrogen-bond donors (Lipinski definition) is 1. The molecule has 3 nitrogen and oxygen atoms in total. The highest BCUT2D eigenvalue weighted by molar-refractivity contribution is 5.99. The third kappa shape index (κ3) is 2.46. The minimum absolute atomic E-state index is 0.192. The number of aromatic amines is 1. The maximum atomic E-state index is 14.0. The van der Waals surface area contributed by atoms with E-state index in [9.17, 15) is 9.18 Å². The van der Waals surface area contributed by atoms with Gasteiger partial charge >= 0.3 is 0 Å². The van der Waals surface area contributed by atoms with Gasteiger partial charge in [-0.2, -0.15) is 0 Å². The predicted octanol–water partition coefficient (Wildman–Crippen LogP) is 4.40. The molecule has 0 saturated carbocycles. The highest BCUT2D eigenvalue weighted by Gasteiger charge is 2.20. The predicted molar refractivity (Wildman–Crippen MR) is 86.7 cm³/mol. The van der Waals surface area contributed by atoms with Crippen LogP contribution in [0.25, 0.3) is 22.5 Å². The molecule has 0 spiro atoms. The van der Waals surface area contributed by atoms with Crippen molar-refractivity contribution in [1.82, 2.24) is 9.97 Å². The van der Waals surface area contributed by atoms with Crippen LogP contribution in [0, 0.1) is 5.82 Å². The Morgan fingerprint density at radius 3 is 2.74 bits per heavy atom. The van der Waals surface area contributed by atoms with Gasteiger partial charge in [-0.25, -0.2) is 4.39 Å². The van der Waals surface area contributed by atoms with E-state index in [1.807, 2.05) is 18.2 Å². The van der Waals surface area contributed by atoms with E-state index in [0.717, 1.165) is 35.4 Å². The normalized spacial score (nSPS) is 13.9. The van der Waals surface area contributed by atoms with E-state index in [2.05, 4.69) is 9.97 Å². The summed E-state index contributed by atoms with van der Waals surface area (Å²) in [6, 6.07) is 12.2. The molecule has 0 fully saturated rings. The molecule has 2 heterocycles. The van der Waals surface area contributed by atoms with Crippen LogP contribution < -0.4 is 0 Å². The lowest BCUT2D eigenvalue weighted by molar-refractivity contribution is 0.0972. The number of benzene rings is 1. The molecular weight excluding hydrogens is 291 g/mol. The van der Waals surface area contributed by atoms with Crippen molar-refractivity contribution < 1.29 is 9.18 Å². The summed E-state index contributed by atoms with van der Waals surface area (Å²) in [6.45, 7) is 0. The van der Waals surface area contributed by atoms with E-state index in [1.165, 1.54) is 6.07 Å². The number of aryl methyl sites for hydroxylation is 1. The van der Waals surface area contributed by atoms with Crippen LogP contribution in [0.4, 0.5) is 4.39 Å². The molecular formula is C19H15FN2O. The van der Waals surface area contributed by atoms with Crippen molar-refractivity contribution >= 4 is 5.78 Å². The number of fused-ring (bicyclic) bond motifs is 1. The Morgan fingerprint density at radius 2 is 1.91 bits per heavy atom. The molecule has 114 valence electrons. The first kappa shape index (κ1) is 13.9. The van der Waals surface area contributed by atoms with Crippen LogP contribution >= 0.6 is 0 Å². The van der Waals surface area contributed by atoms with Gasteiger partial charge in [-0.05, 0) is 43.2 Å². The standard InChI is InChI=1S/C19H15FN2O/c20-15-5-2-1-4-13(15)18-10-12(8-9-21-18)17-11-14-16(22-17)6-3-7-19(14)23/h1-2,4-5,8-11,22H,3,6-7H2. The van der Waals surface area contributed by atoms with Crippen LogP contribution in [0.5, 0.6) is 0 Å². The molecule has 1 aliphatic carbocycles.